The van der Waals surface area contributed by atoms with E-state index in [9.17, 15) is 81.3 Å². The standard InChI is InChI=1S/C21H10F15NO2/c22-17(23,24)8-1-7(2-9(3-8)18(25,26)27)15(38)11(6-37)16(39)14-12(20(31,32)33)4-10(19(28,29)30)5-13(14)21(34,35)36/h1-5,11,15-16,38-39H. The molecule has 0 heterocycles. The number of aliphatic hydroxyl groups excluding tert-OH is 2. The van der Waals surface area contributed by atoms with E-state index in [1.54, 1.807) is 0 Å². The molecule has 0 saturated heterocycles. The van der Waals surface area contributed by atoms with Crippen molar-refractivity contribution in [1.82, 2.24) is 0 Å². The van der Waals surface area contributed by atoms with Gasteiger partial charge in [0.25, 0.3) is 0 Å². The fraction of sp³-hybridized carbons (Fsp3) is 0.381. The zero-order valence-corrected chi connectivity index (χ0v) is 18.1. The van der Waals surface area contributed by atoms with Gasteiger partial charge in [0.15, 0.2) is 0 Å². The van der Waals surface area contributed by atoms with Gasteiger partial charge in [-0.05, 0) is 35.9 Å². The highest BCUT2D eigenvalue weighted by molar-refractivity contribution is 5.46. The molecule has 0 aliphatic rings. The Balaban J connectivity index is 2.86. The lowest BCUT2D eigenvalue weighted by Gasteiger charge is -2.29. The topological polar surface area (TPSA) is 64.2 Å². The first-order valence-corrected chi connectivity index (χ1v) is 9.74. The second-order valence-corrected chi connectivity index (χ2v) is 7.86. The van der Waals surface area contributed by atoms with Crippen LogP contribution >= 0.6 is 0 Å². The Morgan fingerprint density at radius 1 is 0.513 bits per heavy atom. The molecule has 0 saturated carbocycles. The van der Waals surface area contributed by atoms with Crippen LogP contribution in [0.25, 0.3) is 0 Å². The van der Waals surface area contributed by atoms with Crippen LogP contribution < -0.4 is 0 Å². The second kappa shape index (κ2) is 10.1. The van der Waals surface area contributed by atoms with Crippen LogP contribution in [0.3, 0.4) is 0 Å². The largest absolute Gasteiger partial charge is 0.416 e. The minimum atomic E-state index is -6.07. The van der Waals surface area contributed by atoms with Crippen molar-refractivity contribution in [3.8, 4) is 6.07 Å². The van der Waals surface area contributed by atoms with E-state index in [0.29, 0.717) is 0 Å². The highest BCUT2D eigenvalue weighted by Crippen LogP contribution is 2.48. The number of halogens is 15. The first kappa shape index (κ1) is 32.0. The number of rotatable bonds is 4. The van der Waals surface area contributed by atoms with Crippen LogP contribution in [0.2, 0.25) is 0 Å². The summed E-state index contributed by atoms with van der Waals surface area (Å²) in [6, 6.07) is -1.76. The van der Waals surface area contributed by atoms with Crippen molar-refractivity contribution in [3.63, 3.8) is 0 Å². The van der Waals surface area contributed by atoms with Gasteiger partial charge in [-0.3, -0.25) is 0 Å². The summed E-state index contributed by atoms with van der Waals surface area (Å²) in [7, 11) is 0. The van der Waals surface area contributed by atoms with E-state index >= 15 is 0 Å². The summed E-state index contributed by atoms with van der Waals surface area (Å²) < 4.78 is 199. The Morgan fingerprint density at radius 3 is 1.13 bits per heavy atom. The molecule has 3 nitrogen and oxygen atoms in total. The number of alkyl halides is 15. The maximum absolute atomic E-state index is 13.6. The molecule has 2 rings (SSSR count). The molecule has 0 bridgehead atoms. The van der Waals surface area contributed by atoms with Crippen molar-refractivity contribution in [1.29, 1.82) is 5.26 Å². The van der Waals surface area contributed by atoms with Crippen LogP contribution in [0.15, 0.2) is 30.3 Å². The van der Waals surface area contributed by atoms with Gasteiger partial charge in [0, 0.05) is 5.56 Å². The Morgan fingerprint density at radius 2 is 0.846 bits per heavy atom. The summed E-state index contributed by atoms with van der Waals surface area (Å²) in [6.07, 6.45) is -35.6. The number of benzene rings is 2. The number of hydrogen-bond donors (Lipinski definition) is 2. The highest BCUT2D eigenvalue weighted by atomic mass is 19.4. The van der Waals surface area contributed by atoms with Crippen molar-refractivity contribution in [2.24, 2.45) is 5.92 Å². The summed E-state index contributed by atoms with van der Waals surface area (Å²) in [5.41, 5.74) is -16.2. The molecule has 18 heteroatoms. The average Bonchev–Trinajstić information content (AvgIpc) is 2.75. The predicted octanol–water partition coefficient (Wildman–Crippen LogP) is 7.69. The van der Waals surface area contributed by atoms with Gasteiger partial charge in [-0.1, -0.05) is 0 Å². The van der Waals surface area contributed by atoms with Gasteiger partial charge < -0.3 is 10.2 Å². The highest BCUT2D eigenvalue weighted by Gasteiger charge is 2.48. The third kappa shape index (κ3) is 7.06. The summed E-state index contributed by atoms with van der Waals surface area (Å²) in [5, 5.41) is 29.9. The molecular formula is C21H10F15NO2. The van der Waals surface area contributed by atoms with Crippen molar-refractivity contribution in [2.75, 3.05) is 0 Å². The van der Waals surface area contributed by atoms with E-state index in [1.807, 2.05) is 0 Å². The molecule has 3 unspecified atom stereocenters. The van der Waals surface area contributed by atoms with Gasteiger partial charge >= 0.3 is 30.9 Å². The third-order valence-electron chi connectivity index (χ3n) is 5.19. The van der Waals surface area contributed by atoms with Gasteiger partial charge in [-0.25, -0.2) is 0 Å². The molecule has 2 aromatic rings. The van der Waals surface area contributed by atoms with Crippen molar-refractivity contribution in [2.45, 2.75) is 43.1 Å². The molecule has 0 fully saturated rings. The monoisotopic (exact) mass is 593 g/mol. The second-order valence-electron chi connectivity index (χ2n) is 7.86. The smallest absolute Gasteiger partial charge is 0.387 e. The lowest BCUT2D eigenvalue weighted by atomic mass is 9.82. The zero-order chi connectivity index (χ0) is 30.5. The van der Waals surface area contributed by atoms with Crippen molar-refractivity contribution >= 4 is 0 Å². The molecule has 0 aliphatic carbocycles. The maximum Gasteiger partial charge on any atom is 0.416 e. The van der Waals surface area contributed by atoms with E-state index < -0.39 is 106 Å². The van der Waals surface area contributed by atoms with Crippen LogP contribution in [0, 0.1) is 17.2 Å². The predicted molar refractivity (Wildman–Crippen MR) is 96.9 cm³/mol. The minimum absolute atomic E-state index is 0.209. The summed E-state index contributed by atoms with van der Waals surface area (Å²) in [6.45, 7) is 0. The molecule has 2 N–H and O–H groups in total. The van der Waals surface area contributed by atoms with Crippen LogP contribution in [-0.2, 0) is 30.9 Å². The average molecular weight is 593 g/mol. The van der Waals surface area contributed by atoms with Crippen LogP contribution in [0.4, 0.5) is 65.9 Å². The first-order chi connectivity index (χ1) is 17.3. The Bertz CT molecular complexity index is 1180. The molecule has 216 valence electrons. The van der Waals surface area contributed by atoms with Gasteiger partial charge in [0.2, 0.25) is 0 Å². The molecule has 0 aliphatic heterocycles. The molecule has 0 aromatic heterocycles. The van der Waals surface area contributed by atoms with E-state index in [2.05, 4.69) is 0 Å². The number of nitriles is 1. The van der Waals surface area contributed by atoms with Crippen molar-refractivity contribution < 1.29 is 76.1 Å². The van der Waals surface area contributed by atoms with E-state index in [4.69, 9.17) is 0 Å². The van der Waals surface area contributed by atoms with Gasteiger partial charge in [0.05, 0.1) is 46.1 Å². The van der Waals surface area contributed by atoms with Crippen LogP contribution in [0.1, 0.15) is 51.2 Å². The summed E-state index contributed by atoms with van der Waals surface area (Å²) >= 11 is 0. The Hall–Kier alpha value is -3.20. The van der Waals surface area contributed by atoms with Gasteiger partial charge in [-0.2, -0.15) is 71.1 Å². The number of aliphatic hydroxyl groups is 2. The normalized spacial score (nSPS) is 16.0. The Kier molecular flexibility index (Phi) is 8.28. The Labute approximate surface area is 206 Å². The van der Waals surface area contributed by atoms with Crippen LogP contribution in [-0.4, -0.2) is 10.2 Å². The van der Waals surface area contributed by atoms with Crippen molar-refractivity contribution in [3.05, 3.63) is 69.3 Å². The maximum atomic E-state index is 13.6. The lowest BCUT2D eigenvalue weighted by Crippen LogP contribution is -2.27. The summed E-state index contributed by atoms with van der Waals surface area (Å²) in [4.78, 5) is 0. The molecule has 0 radical (unpaired) electrons. The van der Waals surface area contributed by atoms with Gasteiger partial charge in [-0.15, -0.1) is 0 Å². The molecule has 2 aromatic carbocycles. The molecule has 3 atom stereocenters. The fourth-order valence-electron chi connectivity index (χ4n) is 3.46. The van der Waals surface area contributed by atoms with Crippen LogP contribution in [0.5, 0.6) is 0 Å². The molecule has 39 heavy (non-hydrogen) atoms. The number of nitrogens with zero attached hydrogens (tertiary/aromatic N) is 1. The molecular weight excluding hydrogens is 583 g/mol. The fourth-order valence-corrected chi connectivity index (χ4v) is 3.46. The zero-order valence-electron chi connectivity index (χ0n) is 18.1. The van der Waals surface area contributed by atoms with E-state index in [-0.39, 0.29) is 12.1 Å². The SMILES string of the molecule is N#CC(C(O)c1cc(C(F)(F)F)cc(C(F)(F)F)c1)C(O)c1c(C(F)(F)F)cc(C(F)(F)F)cc1C(F)(F)F. The third-order valence-corrected chi connectivity index (χ3v) is 5.19. The lowest BCUT2D eigenvalue weighted by molar-refractivity contribution is -0.152. The number of hydrogen-bond acceptors (Lipinski definition) is 3. The van der Waals surface area contributed by atoms with E-state index in [1.165, 1.54) is 0 Å². The molecule has 0 spiro atoms. The first-order valence-electron chi connectivity index (χ1n) is 9.74. The molecule has 0 amide bonds. The van der Waals surface area contributed by atoms with E-state index in [0.717, 1.165) is 6.07 Å². The quantitative estimate of drug-likeness (QED) is 0.358. The summed E-state index contributed by atoms with van der Waals surface area (Å²) in [5.74, 6) is -3.05. The van der Waals surface area contributed by atoms with Gasteiger partial charge in [0.1, 0.15) is 5.92 Å². The minimum Gasteiger partial charge on any atom is -0.387 e.